The minimum atomic E-state index is -1.05. The largest absolute Gasteiger partial charge is 0.491 e. The van der Waals surface area contributed by atoms with Gasteiger partial charge in [0, 0.05) is 13.1 Å². The van der Waals surface area contributed by atoms with Crippen molar-refractivity contribution in [3.05, 3.63) is 65.5 Å². The highest BCUT2D eigenvalue weighted by atomic mass is 19.1. The molecule has 4 rings (SSSR count). The van der Waals surface area contributed by atoms with Crippen molar-refractivity contribution in [2.24, 2.45) is 0 Å². The number of hydrogen-bond donors (Lipinski definition) is 0. The Balaban J connectivity index is 1.53. The van der Waals surface area contributed by atoms with Crippen LogP contribution in [-0.4, -0.2) is 66.6 Å². The van der Waals surface area contributed by atoms with Gasteiger partial charge in [-0.2, -0.15) is 0 Å². The van der Waals surface area contributed by atoms with E-state index in [1.807, 2.05) is 23.1 Å². The lowest BCUT2D eigenvalue weighted by Crippen LogP contribution is -2.62. The number of halogens is 1. The van der Waals surface area contributed by atoms with Crippen LogP contribution in [0.3, 0.4) is 0 Å². The van der Waals surface area contributed by atoms with Gasteiger partial charge in [0.25, 0.3) is 5.91 Å². The lowest BCUT2D eigenvalue weighted by atomic mass is 9.90. The van der Waals surface area contributed by atoms with Crippen molar-refractivity contribution in [2.45, 2.75) is 57.5 Å². The molecule has 2 aromatic carbocycles. The summed E-state index contributed by atoms with van der Waals surface area (Å²) in [5, 5.41) is 0. The molecule has 2 aliphatic rings. The third-order valence-electron chi connectivity index (χ3n) is 7.13. The molecule has 7 heteroatoms. The molecule has 0 bridgehead atoms. The number of nitrogens with zero attached hydrogens (tertiary/aromatic N) is 2. The highest BCUT2D eigenvalue weighted by Crippen LogP contribution is 2.30. The van der Waals surface area contributed by atoms with Gasteiger partial charge in [0.05, 0.1) is 26.1 Å². The Kier molecular flexibility index (Phi) is 8.97. The van der Waals surface area contributed by atoms with E-state index in [1.54, 1.807) is 17.0 Å². The van der Waals surface area contributed by atoms with Gasteiger partial charge in [0.1, 0.15) is 18.2 Å². The average Bonchev–Trinajstić information content (AvgIpc) is 2.89. The molecule has 0 radical (unpaired) electrons. The summed E-state index contributed by atoms with van der Waals surface area (Å²) in [4.78, 5) is 30.8. The van der Waals surface area contributed by atoms with Crippen molar-refractivity contribution in [1.82, 2.24) is 9.80 Å². The molecule has 2 aromatic rings. The van der Waals surface area contributed by atoms with Gasteiger partial charge in [-0.3, -0.25) is 9.59 Å². The van der Waals surface area contributed by atoms with Crippen LogP contribution in [0.4, 0.5) is 4.39 Å². The second kappa shape index (κ2) is 12.3. The van der Waals surface area contributed by atoms with E-state index in [-0.39, 0.29) is 30.6 Å². The Hall–Kier alpha value is -2.93. The van der Waals surface area contributed by atoms with Crippen LogP contribution < -0.4 is 4.74 Å². The molecule has 194 valence electrons. The minimum absolute atomic E-state index is 0.0484. The Morgan fingerprint density at radius 2 is 1.86 bits per heavy atom. The second-order valence-electron chi connectivity index (χ2n) is 9.77. The van der Waals surface area contributed by atoms with Crippen LogP contribution in [0, 0.1) is 5.82 Å². The normalized spacial score (nSPS) is 21.3. The summed E-state index contributed by atoms with van der Waals surface area (Å²) in [6, 6.07) is 14.1. The quantitative estimate of drug-likeness (QED) is 0.616. The molecule has 1 unspecified atom stereocenters. The van der Waals surface area contributed by atoms with Crippen molar-refractivity contribution in [3.63, 3.8) is 0 Å². The first kappa shape index (κ1) is 26.1. The summed E-state index contributed by atoms with van der Waals surface area (Å²) in [5.41, 5.74) is 0.884. The van der Waals surface area contributed by atoms with Gasteiger partial charge >= 0.3 is 0 Å². The summed E-state index contributed by atoms with van der Waals surface area (Å²) in [5.74, 6) is 0.449. The number of ether oxygens (including phenoxy) is 2. The molecule has 1 spiro atoms. The molecule has 1 atom stereocenters. The number of benzene rings is 2. The highest BCUT2D eigenvalue weighted by Gasteiger charge is 2.46. The molecule has 0 aromatic heterocycles. The molecule has 36 heavy (non-hydrogen) atoms. The van der Waals surface area contributed by atoms with Gasteiger partial charge in [-0.05, 0) is 61.4 Å². The van der Waals surface area contributed by atoms with E-state index < -0.39 is 5.60 Å². The first-order valence-electron chi connectivity index (χ1n) is 13.2. The van der Waals surface area contributed by atoms with E-state index in [1.165, 1.54) is 17.7 Å². The van der Waals surface area contributed by atoms with Crippen LogP contribution in [0.1, 0.15) is 50.2 Å². The highest BCUT2D eigenvalue weighted by molar-refractivity contribution is 5.87. The maximum Gasteiger partial charge on any atom is 0.256 e. The smallest absolute Gasteiger partial charge is 0.256 e. The zero-order valence-corrected chi connectivity index (χ0v) is 21.2. The first-order valence-corrected chi connectivity index (χ1v) is 13.2. The summed E-state index contributed by atoms with van der Waals surface area (Å²) >= 11 is 0. The molecule has 0 N–H and O–H groups in total. The van der Waals surface area contributed by atoms with Crippen LogP contribution in [-0.2, 0) is 27.2 Å². The fourth-order valence-corrected chi connectivity index (χ4v) is 5.07. The standard InChI is InChI=1S/C29H37FN2O4/c1-2-3-16-31-17-19-35-26-10-5-4-8-24(26)9-6-7-15-29(28(31)34)22-32(18-20-36-29)27(33)21-23-11-13-25(30)14-12-23/h4-5,8,10-14H,2-3,6-7,9,15-22H2,1H3. The summed E-state index contributed by atoms with van der Waals surface area (Å²) < 4.78 is 25.7. The van der Waals surface area contributed by atoms with Gasteiger partial charge in [-0.1, -0.05) is 43.7 Å². The van der Waals surface area contributed by atoms with Crippen LogP contribution in [0.2, 0.25) is 0 Å². The van der Waals surface area contributed by atoms with E-state index in [0.29, 0.717) is 39.3 Å². The number of hydrogen-bond acceptors (Lipinski definition) is 4. The molecule has 2 amide bonds. The van der Waals surface area contributed by atoms with E-state index in [2.05, 4.69) is 13.0 Å². The molecule has 1 saturated heterocycles. The molecule has 2 aliphatic heterocycles. The number of carbonyl (C=O) groups is 2. The lowest BCUT2D eigenvalue weighted by Gasteiger charge is -2.44. The van der Waals surface area contributed by atoms with Gasteiger partial charge in [0.2, 0.25) is 5.91 Å². The molecule has 0 aliphatic carbocycles. The predicted octanol–water partition coefficient (Wildman–Crippen LogP) is 4.40. The van der Waals surface area contributed by atoms with Gasteiger partial charge in [-0.25, -0.2) is 4.39 Å². The molecule has 6 nitrogen and oxygen atoms in total. The Labute approximate surface area is 213 Å². The van der Waals surface area contributed by atoms with Crippen molar-refractivity contribution >= 4 is 11.8 Å². The van der Waals surface area contributed by atoms with E-state index in [9.17, 15) is 14.0 Å². The predicted molar refractivity (Wildman–Crippen MR) is 136 cm³/mol. The maximum atomic E-state index is 14.0. The number of rotatable bonds is 5. The minimum Gasteiger partial charge on any atom is -0.491 e. The number of amides is 2. The van der Waals surface area contributed by atoms with Crippen LogP contribution in [0.5, 0.6) is 5.75 Å². The number of fused-ring (bicyclic) bond motifs is 1. The topological polar surface area (TPSA) is 59.1 Å². The number of para-hydroxylation sites is 1. The monoisotopic (exact) mass is 496 g/mol. The van der Waals surface area contributed by atoms with Crippen LogP contribution in [0.25, 0.3) is 0 Å². The average molecular weight is 497 g/mol. The van der Waals surface area contributed by atoms with Crippen molar-refractivity contribution < 1.29 is 23.5 Å². The lowest BCUT2D eigenvalue weighted by molar-refractivity contribution is -0.176. The van der Waals surface area contributed by atoms with Crippen molar-refractivity contribution in [1.29, 1.82) is 0 Å². The summed E-state index contributed by atoms with van der Waals surface area (Å²) in [6.45, 7) is 4.64. The van der Waals surface area contributed by atoms with Gasteiger partial charge < -0.3 is 19.3 Å². The third kappa shape index (κ3) is 6.44. The van der Waals surface area contributed by atoms with Crippen molar-refractivity contribution in [3.8, 4) is 5.75 Å². The number of carbonyl (C=O) groups excluding carboxylic acids is 2. The number of morpholine rings is 1. The maximum absolute atomic E-state index is 14.0. The van der Waals surface area contributed by atoms with E-state index >= 15 is 0 Å². The second-order valence-corrected chi connectivity index (χ2v) is 9.77. The zero-order valence-electron chi connectivity index (χ0n) is 21.2. The fraction of sp³-hybridized carbons (Fsp3) is 0.517. The summed E-state index contributed by atoms with van der Waals surface area (Å²) in [6.07, 6.45) is 5.19. The molecule has 0 saturated carbocycles. The fourth-order valence-electron chi connectivity index (χ4n) is 5.07. The Morgan fingerprint density at radius 3 is 2.67 bits per heavy atom. The van der Waals surface area contributed by atoms with Crippen molar-refractivity contribution in [2.75, 3.05) is 39.4 Å². The van der Waals surface area contributed by atoms with Crippen LogP contribution >= 0.6 is 0 Å². The zero-order chi connectivity index (χ0) is 25.4. The molecule has 2 heterocycles. The van der Waals surface area contributed by atoms with Gasteiger partial charge in [-0.15, -0.1) is 0 Å². The number of aryl methyl sites for hydroxylation is 1. The Bertz CT molecular complexity index is 1030. The molecular weight excluding hydrogens is 459 g/mol. The number of unbranched alkanes of at least 4 members (excludes halogenated alkanes) is 1. The van der Waals surface area contributed by atoms with Gasteiger partial charge in [0.15, 0.2) is 5.60 Å². The summed E-state index contributed by atoms with van der Waals surface area (Å²) in [7, 11) is 0. The Morgan fingerprint density at radius 1 is 1.06 bits per heavy atom. The first-order chi connectivity index (χ1) is 17.5. The van der Waals surface area contributed by atoms with E-state index in [4.69, 9.17) is 9.47 Å². The third-order valence-corrected chi connectivity index (χ3v) is 7.13. The SMILES string of the molecule is CCCCN1CCOc2ccccc2CCCCC2(CN(C(=O)Cc3ccc(F)cc3)CCO2)C1=O. The van der Waals surface area contributed by atoms with E-state index in [0.717, 1.165) is 43.4 Å². The molecule has 1 fully saturated rings. The van der Waals surface area contributed by atoms with Crippen LogP contribution in [0.15, 0.2) is 48.5 Å². The molecular formula is C29H37FN2O4.